The Balaban J connectivity index is 1.26. The van der Waals surface area contributed by atoms with Crippen LogP contribution >= 0.6 is 0 Å². The molecule has 0 unspecified atom stereocenters. The van der Waals surface area contributed by atoms with E-state index in [9.17, 15) is 40.5 Å². The standard InChI is InChI=1S/C35H28N2O11/c38-15-6-21(40)17-10-24(43)31(46-25(17)8-15)14-5-23(42)30(44)28-29-32(37-20-4-2-1-3-19(20)36-29)35(45)13-34(28,12-14)33-27(48-35)11-18-22(41)7-16(39)9-26(18)47-33/h1-9,24,27,31,33,38-41,43-45H,10-13H2/t24-,27-,31-,33+,34-,35+/m1/s1. The van der Waals surface area contributed by atoms with E-state index in [2.05, 4.69) is 0 Å². The van der Waals surface area contributed by atoms with E-state index in [0.29, 0.717) is 16.6 Å². The van der Waals surface area contributed by atoms with Crippen molar-refractivity contribution in [1.29, 1.82) is 0 Å². The molecule has 1 spiro atoms. The zero-order valence-electron chi connectivity index (χ0n) is 25.0. The number of ketones is 1. The predicted molar refractivity (Wildman–Crippen MR) is 164 cm³/mol. The third-order valence-electron chi connectivity index (χ3n) is 10.1. The first-order valence-electron chi connectivity index (χ1n) is 15.4. The number of hydrogen-bond donors (Lipinski definition) is 7. The number of rotatable bonds is 1. The lowest BCUT2D eigenvalue weighted by atomic mass is 9.58. The van der Waals surface area contributed by atoms with Crippen LogP contribution in [0, 0.1) is 5.41 Å². The topological polar surface area (TPSA) is 212 Å². The zero-order valence-corrected chi connectivity index (χ0v) is 25.0. The second-order valence-electron chi connectivity index (χ2n) is 13.1. The molecule has 6 atom stereocenters. The number of allylic oxidation sites excluding steroid dienone is 1. The number of aliphatic hydroxyl groups is 3. The summed E-state index contributed by atoms with van der Waals surface area (Å²) in [7, 11) is 0. The summed E-state index contributed by atoms with van der Waals surface area (Å²) in [6.07, 6.45) is -3.65. The highest BCUT2D eigenvalue weighted by Gasteiger charge is 2.67. The fourth-order valence-corrected chi connectivity index (χ4v) is 8.23. The minimum Gasteiger partial charge on any atom is -0.508 e. The van der Waals surface area contributed by atoms with Gasteiger partial charge in [0, 0.05) is 60.2 Å². The highest BCUT2D eigenvalue weighted by Crippen LogP contribution is 2.64. The maximum Gasteiger partial charge on any atom is 0.220 e. The van der Waals surface area contributed by atoms with Crippen LogP contribution in [0.25, 0.3) is 16.6 Å². The highest BCUT2D eigenvalue weighted by atomic mass is 16.6. The molecular weight excluding hydrogens is 624 g/mol. The molecule has 13 heteroatoms. The summed E-state index contributed by atoms with van der Waals surface area (Å²) in [5.41, 5.74) is 0.386. The molecule has 9 rings (SSSR count). The Morgan fingerprint density at radius 2 is 1.48 bits per heavy atom. The van der Waals surface area contributed by atoms with Gasteiger partial charge in [-0.15, -0.1) is 0 Å². The van der Waals surface area contributed by atoms with Gasteiger partial charge in [-0.2, -0.15) is 0 Å². The summed E-state index contributed by atoms with van der Waals surface area (Å²) in [6, 6.07) is 11.9. The number of carbonyl (C=O) groups is 1. The quantitative estimate of drug-likeness (QED) is 0.158. The van der Waals surface area contributed by atoms with Crippen LogP contribution in [0.3, 0.4) is 0 Å². The fraction of sp³-hybridized carbons (Fsp3) is 0.286. The van der Waals surface area contributed by atoms with Gasteiger partial charge in [0.2, 0.25) is 11.6 Å². The van der Waals surface area contributed by atoms with Gasteiger partial charge in [0.25, 0.3) is 0 Å². The molecule has 0 radical (unpaired) electrons. The molecule has 3 aromatic carbocycles. The third-order valence-corrected chi connectivity index (χ3v) is 10.1. The van der Waals surface area contributed by atoms with E-state index in [1.165, 1.54) is 24.3 Å². The van der Waals surface area contributed by atoms with Crippen LogP contribution in [-0.4, -0.2) is 75.9 Å². The van der Waals surface area contributed by atoms with Crippen LogP contribution in [-0.2, 0) is 28.2 Å². The third kappa shape index (κ3) is 3.92. The minimum absolute atomic E-state index is 0.00243. The van der Waals surface area contributed by atoms with E-state index in [-0.39, 0.29) is 88.3 Å². The number of aromatic nitrogens is 2. The van der Waals surface area contributed by atoms with Crippen molar-refractivity contribution in [2.24, 2.45) is 5.41 Å². The van der Waals surface area contributed by atoms with Crippen LogP contribution in [0.5, 0.6) is 34.5 Å². The first-order valence-corrected chi connectivity index (χ1v) is 15.4. The van der Waals surface area contributed by atoms with Crippen molar-refractivity contribution in [3.05, 3.63) is 88.5 Å². The number of phenols is 4. The molecule has 48 heavy (non-hydrogen) atoms. The SMILES string of the molecule is O=C1C=C([C@H]2Oc3cc(O)cc(O)c3C[C@H]2O)C[C@]23C[C@](O)(O[C@@H]4Cc5c(O)cc(O)cc5O[C@@H]42)c2nc4ccccc4nc2C3=C1O. The number of aliphatic hydroxyl groups excluding tert-OH is 2. The number of nitrogens with zero attached hydrogens (tertiary/aromatic N) is 2. The number of phenolic OH excluding ortho intramolecular Hbond substituents is 4. The molecule has 1 saturated heterocycles. The van der Waals surface area contributed by atoms with Gasteiger partial charge in [0.15, 0.2) is 5.76 Å². The molecule has 3 aliphatic heterocycles. The van der Waals surface area contributed by atoms with Crippen molar-refractivity contribution >= 4 is 22.4 Å². The normalized spacial score (nSPS) is 30.0. The van der Waals surface area contributed by atoms with Crippen molar-refractivity contribution in [1.82, 2.24) is 9.97 Å². The van der Waals surface area contributed by atoms with Crippen molar-refractivity contribution in [2.75, 3.05) is 0 Å². The Kier molecular flexibility index (Phi) is 5.76. The van der Waals surface area contributed by atoms with E-state index in [1.807, 2.05) is 0 Å². The van der Waals surface area contributed by atoms with Gasteiger partial charge in [0.05, 0.1) is 28.2 Å². The van der Waals surface area contributed by atoms with Gasteiger partial charge >= 0.3 is 0 Å². The van der Waals surface area contributed by atoms with Gasteiger partial charge in [-0.1, -0.05) is 12.1 Å². The summed E-state index contributed by atoms with van der Waals surface area (Å²) < 4.78 is 19.1. The van der Waals surface area contributed by atoms with Gasteiger partial charge in [-0.05, 0) is 30.2 Å². The summed E-state index contributed by atoms with van der Waals surface area (Å²) in [5.74, 6) is -4.32. The molecule has 13 nitrogen and oxygen atoms in total. The first kappa shape index (κ1) is 28.8. The molecule has 4 aromatic rings. The Morgan fingerprint density at radius 1 is 0.833 bits per heavy atom. The maximum absolute atomic E-state index is 13.9. The van der Waals surface area contributed by atoms with E-state index in [0.717, 1.165) is 6.07 Å². The van der Waals surface area contributed by atoms with E-state index < -0.39 is 47.2 Å². The molecule has 1 aromatic heterocycles. The lowest BCUT2D eigenvalue weighted by Crippen LogP contribution is -2.64. The molecule has 4 heterocycles. The zero-order chi connectivity index (χ0) is 33.3. The number of fused-ring (bicyclic) bond motifs is 8. The fourth-order valence-electron chi connectivity index (χ4n) is 8.23. The van der Waals surface area contributed by atoms with E-state index in [1.54, 1.807) is 24.3 Å². The summed E-state index contributed by atoms with van der Waals surface area (Å²) in [5, 5.41) is 77.2. The van der Waals surface area contributed by atoms with Gasteiger partial charge in [-0.3, -0.25) is 4.79 Å². The number of benzene rings is 3. The second kappa shape index (κ2) is 9.60. The van der Waals surface area contributed by atoms with Crippen molar-refractivity contribution in [3.63, 3.8) is 0 Å². The van der Waals surface area contributed by atoms with Crippen LogP contribution in [0.4, 0.5) is 0 Å². The first-order chi connectivity index (χ1) is 22.9. The average molecular weight is 653 g/mol. The Hall–Kier alpha value is -5.37. The van der Waals surface area contributed by atoms with E-state index >= 15 is 0 Å². The molecular formula is C35H28N2O11. The summed E-state index contributed by atoms with van der Waals surface area (Å²) in [4.78, 5) is 23.4. The number of hydrogen-bond acceptors (Lipinski definition) is 13. The second-order valence-corrected chi connectivity index (χ2v) is 13.1. The number of carbonyl (C=O) groups excluding carboxylic acids is 1. The van der Waals surface area contributed by atoms with Gasteiger partial charge < -0.3 is 50.0 Å². The summed E-state index contributed by atoms with van der Waals surface area (Å²) in [6.45, 7) is 0. The van der Waals surface area contributed by atoms with Crippen molar-refractivity contribution < 1.29 is 54.8 Å². The van der Waals surface area contributed by atoms with Crippen LogP contribution in [0.2, 0.25) is 0 Å². The van der Waals surface area contributed by atoms with Crippen LogP contribution in [0.1, 0.15) is 35.4 Å². The number of para-hydroxylation sites is 2. The Labute approximate surface area is 271 Å². The molecule has 244 valence electrons. The monoisotopic (exact) mass is 652 g/mol. The largest absolute Gasteiger partial charge is 0.508 e. The van der Waals surface area contributed by atoms with Gasteiger partial charge in [-0.25, -0.2) is 9.97 Å². The lowest BCUT2D eigenvalue weighted by molar-refractivity contribution is -0.315. The Morgan fingerprint density at radius 3 is 2.19 bits per heavy atom. The molecule has 0 amide bonds. The maximum atomic E-state index is 13.9. The molecule has 0 saturated carbocycles. The predicted octanol–water partition coefficient (Wildman–Crippen LogP) is 2.92. The van der Waals surface area contributed by atoms with Gasteiger partial charge in [0.1, 0.15) is 58.5 Å². The number of aromatic hydroxyl groups is 4. The Bertz CT molecular complexity index is 2180. The minimum atomic E-state index is -2.10. The lowest BCUT2D eigenvalue weighted by Gasteiger charge is -2.58. The molecule has 7 N–H and O–H groups in total. The molecule has 5 aliphatic rings. The van der Waals surface area contributed by atoms with E-state index in [4.69, 9.17) is 24.2 Å². The smallest absolute Gasteiger partial charge is 0.220 e. The molecule has 2 bridgehead atoms. The van der Waals surface area contributed by atoms with Crippen molar-refractivity contribution in [2.45, 2.75) is 55.9 Å². The number of ether oxygens (including phenoxy) is 3. The van der Waals surface area contributed by atoms with Crippen LogP contribution < -0.4 is 9.47 Å². The summed E-state index contributed by atoms with van der Waals surface area (Å²) >= 11 is 0. The molecule has 1 fully saturated rings. The van der Waals surface area contributed by atoms with Crippen LogP contribution in [0.15, 0.2) is 65.9 Å². The highest BCUT2D eigenvalue weighted by molar-refractivity contribution is 6.09. The average Bonchev–Trinajstić information content (AvgIpc) is 3.13. The van der Waals surface area contributed by atoms with Crippen molar-refractivity contribution in [3.8, 4) is 34.5 Å². The molecule has 2 aliphatic carbocycles.